The summed E-state index contributed by atoms with van der Waals surface area (Å²) < 4.78 is 22.0. The van der Waals surface area contributed by atoms with E-state index in [-0.39, 0.29) is 29.4 Å². The Morgan fingerprint density at radius 2 is 1.77 bits per heavy atom. The van der Waals surface area contributed by atoms with Crippen LogP contribution in [0.4, 0.5) is 21.5 Å². The molecule has 5 N–H and O–H groups in total. The molecule has 1 fully saturated rings. The molecule has 3 aliphatic heterocycles. The number of amides is 4. The Hall–Kier alpha value is -6.49. The van der Waals surface area contributed by atoms with Crippen LogP contribution >= 0.6 is 0 Å². The van der Waals surface area contributed by atoms with E-state index in [0.717, 1.165) is 16.2 Å². The number of imide groups is 2. The highest BCUT2D eigenvalue weighted by molar-refractivity contribution is 6.25. The summed E-state index contributed by atoms with van der Waals surface area (Å²) in [6.07, 6.45) is 1.59. The molecule has 0 aliphatic carbocycles. The van der Waals surface area contributed by atoms with Gasteiger partial charge in [-0.15, -0.1) is 0 Å². The summed E-state index contributed by atoms with van der Waals surface area (Å²) in [6, 6.07) is 13.8. The second-order valence-corrected chi connectivity index (χ2v) is 12.9. The second-order valence-electron chi connectivity index (χ2n) is 12.9. The molecule has 8 rings (SSSR count). The molecule has 3 aliphatic rings. The number of anilines is 3. The highest BCUT2D eigenvalue weighted by atomic mass is 19.1. The van der Waals surface area contributed by atoms with Gasteiger partial charge in [0.15, 0.2) is 0 Å². The number of nitrogens with one attached hydrogen (secondary N) is 5. The number of aromatic nitrogens is 5. The molecule has 4 amide bonds. The standard InChI is InChI=1S/C36H33FN10O6/c1-46-32(40-17-41-46)29-30(42-24-16-19(37)15-22-27(24)31(29)44-45-33(22)49)18-5-7-20(8-6-18)38-11-13-53-14-12-39-23-4-2-3-21-28(23)36(52)47(35(21)51)25-9-10-26(48)43-34(25)50/h2-8,15-17,25,29-30,38-39,42H,9-14H2,1H3,(H,45,49)(H,43,48,50)/t25?,29-,30-/m1/s1. The first-order valence-corrected chi connectivity index (χ1v) is 17.0. The molecule has 53 heavy (non-hydrogen) atoms. The van der Waals surface area contributed by atoms with Gasteiger partial charge in [-0.3, -0.25) is 38.9 Å². The number of aryl methyl sites for hydroxylation is 1. The van der Waals surface area contributed by atoms with Crippen molar-refractivity contribution < 1.29 is 28.3 Å². The van der Waals surface area contributed by atoms with Crippen LogP contribution in [0.2, 0.25) is 0 Å². The van der Waals surface area contributed by atoms with E-state index in [9.17, 15) is 28.4 Å². The van der Waals surface area contributed by atoms with Crippen molar-refractivity contribution in [1.82, 2.24) is 35.2 Å². The third kappa shape index (κ3) is 6.03. The van der Waals surface area contributed by atoms with E-state index in [4.69, 9.17) is 4.74 Å². The Morgan fingerprint density at radius 3 is 2.53 bits per heavy atom. The first-order chi connectivity index (χ1) is 25.7. The number of piperidine rings is 1. The van der Waals surface area contributed by atoms with Crippen LogP contribution in [0.3, 0.4) is 0 Å². The third-order valence-electron chi connectivity index (χ3n) is 9.72. The quantitative estimate of drug-likeness (QED) is 0.0986. The van der Waals surface area contributed by atoms with Gasteiger partial charge in [0.25, 0.3) is 17.4 Å². The third-order valence-corrected chi connectivity index (χ3v) is 9.72. The van der Waals surface area contributed by atoms with Crippen molar-refractivity contribution in [2.75, 3.05) is 42.3 Å². The zero-order valence-corrected chi connectivity index (χ0v) is 28.3. The van der Waals surface area contributed by atoms with Gasteiger partial charge >= 0.3 is 0 Å². The number of carbonyl (C=O) groups is 4. The largest absolute Gasteiger partial charge is 0.383 e. The number of benzene rings is 3. The number of rotatable bonds is 11. The monoisotopic (exact) mass is 720 g/mol. The highest BCUT2D eigenvalue weighted by Crippen LogP contribution is 2.46. The molecule has 5 aromatic rings. The summed E-state index contributed by atoms with van der Waals surface area (Å²) in [5.74, 6) is -2.58. The number of hydrogen-bond donors (Lipinski definition) is 5. The van der Waals surface area contributed by atoms with Gasteiger partial charge in [0.2, 0.25) is 11.8 Å². The molecule has 5 heterocycles. The number of fused-ring (bicyclic) bond motifs is 1. The van der Waals surface area contributed by atoms with Gasteiger partial charge in [-0.1, -0.05) is 18.2 Å². The van der Waals surface area contributed by atoms with Crippen LogP contribution in [-0.2, 0) is 21.4 Å². The molecule has 3 atom stereocenters. The summed E-state index contributed by atoms with van der Waals surface area (Å²) in [4.78, 5) is 68.3. The molecule has 17 heteroatoms. The van der Waals surface area contributed by atoms with Gasteiger partial charge in [-0.05, 0) is 48.4 Å². The molecule has 0 spiro atoms. The Bertz CT molecular complexity index is 2360. The molecular weight excluding hydrogens is 687 g/mol. The first kappa shape index (κ1) is 33.6. The smallest absolute Gasteiger partial charge is 0.272 e. The van der Waals surface area contributed by atoms with Gasteiger partial charge < -0.3 is 20.7 Å². The van der Waals surface area contributed by atoms with Crippen molar-refractivity contribution in [3.05, 3.63) is 105 Å². The second kappa shape index (κ2) is 13.6. The first-order valence-electron chi connectivity index (χ1n) is 17.0. The normalized spacial score (nSPS) is 19.3. The molecule has 0 radical (unpaired) electrons. The van der Waals surface area contributed by atoms with Crippen molar-refractivity contribution in [3.63, 3.8) is 0 Å². The maximum Gasteiger partial charge on any atom is 0.272 e. The highest BCUT2D eigenvalue weighted by Gasteiger charge is 2.45. The molecule has 1 saturated heterocycles. The Labute approximate surface area is 300 Å². The summed E-state index contributed by atoms with van der Waals surface area (Å²) in [5, 5.41) is 24.0. The number of hydrogen-bond acceptors (Lipinski definition) is 12. The lowest BCUT2D eigenvalue weighted by Crippen LogP contribution is -2.54. The number of carbonyl (C=O) groups excluding carboxylic acids is 4. The number of nitrogens with zero attached hydrogens (tertiary/aromatic N) is 5. The molecular formula is C36H33FN10O6. The Morgan fingerprint density at radius 1 is 0.981 bits per heavy atom. The summed E-state index contributed by atoms with van der Waals surface area (Å²) in [5.41, 5.74) is 3.14. The van der Waals surface area contributed by atoms with Crippen LogP contribution in [0.5, 0.6) is 0 Å². The van der Waals surface area contributed by atoms with Crippen LogP contribution in [-0.4, -0.2) is 85.8 Å². The predicted octanol–water partition coefficient (Wildman–Crippen LogP) is 2.43. The molecule has 3 aromatic carbocycles. The maximum absolute atomic E-state index is 14.6. The lowest BCUT2D eigenvalue weighted by molar-refractivity contribution is -0.136. The lowest BCUT2D eigenvalue weighted by atomic mass is 9.83. The minimum absolute atomic E-state index is 0.0499. The molecule has 2 aromatic heterocycles. The van der Waals surface area contributed by atoms with Crippen LogP contribution in [0.15, 0.2) is 65.7 Å². The predicted molar refractivity (Wildman–Crippen MR) is 189 cm³/mol. The van der Waals surface area contributed by atoms with E-state index >= 15 is 0 Å². The van der Waals surface area contributed by atoms with Gasteiger partial charge in [0.1, 0.15) is 24.0 Å². The minimum Gasteiger partial charge on any atom is -0.383 e. The summed E-state index contributed by atoms with van der Waals surface area (Å²) >= 11 is 0. The molecule has 270 valence electrons. The van der Waals surface area contributed by atoms with Crippen LogP contribution < -0.4 is 26.8 Å². The van der Waals surface area contributed by atoms with Crippen LogP contribution in [0, 0.1) is 5.82 Å². The zero-order valence-electron chi connectivity index (χ0n) is 28.3. The number of ether oxygens (including phenoxy) is 1. The Kier molecular flexibility index (Phi) is 8.61. The zero-order chi connectivity index (χ0) is 36.8. The van der Waals surface area contributed by atoms with Gasteiger partial charge in [-0.25, -0.2) is 14.5 Å². The fraction of sp³-hybridized carbons (Fsp3) is 0.278. The van der Waals surface area contributed by atoms with Crippen molar-refractivity contribution in [1.29, 1.82) is 0 Å². The number of halogens is 1. The summed E-state index contributed by atoms with van der Waals surface area (Å²) in [6.45, 7) is 1.55. The lowest BCUT2D eigenvalue weighted by Gasteiger charge is -2.33. The molecule has 0 saturated carbocycles. The van der Waals surface area contributed by atoms with Gasteiger partial charge in [-0.2, -0.15) is 10.2 Å². The molecule has 1 unspecified atom stereocenters. The van der Waals surface area contributed by atoms with Gasteiger partial charge in [0, 0.05) is 49.0 Å². The average Bonchev–Trinajstić information content (AvgIpc) is 3.68. The van der Waals surface area contributed by atoms with Crippen molar-refractivity contribution in [2.45, 2.75) is 30.8 Å². The van der Waals surface area contributed by atoms with Crippen molar-refractivity contribution in [2.24, 2.45) is 7.05 Å². The SMILES string of the molecule is Cn1ncnc1[C@H]1c2n[nH]c(=O)c3cc(F)cc(c23)N[C@@H]1c1ccc(NCCOCCNc2cccc3c2C(=O)N(C2CCC(=O)NC2=O)C3=O)cc1. The van der Waals surface area contributed by atoms with Crippen LogP contribution in [0.1, 0.15) is 62.6 Å². The van der Waals surface area contributed by atoms with Crippen LogP contribution in [0.25, 0.3) is 10.8 Å². The van der Waals surface area contributed by atoms with E-state index in [1.807, 2.05) is 24.3 Å². The van der Waals surface area contributed by atoms with Crippen molar-refractivity contribution >= 4 is 51.5 Å². The van der Waals surface area contributed by atoms with Crippen molar-refractivity contribution in [3.8, 4) is 0 Å². The minimum atomic E-state index is -1.03. The number of aromatic amines is 1. The average molecular weight is 721 g/mol. The maximum atomic E-state index is 14.6. The summed E-state index contributed by atoms with van der Waals surface area (Å²) in [7, 11) is 1.78. The topological polar surface area (TPSA) is 205 Å². The van der Waals surface area contributed by atoms with E-state index in [1.54, 1.807) is 29.9 Å². The van der Waals surface area contributed by atoms with E-state index in [0.29, 0.717) is 54.6 Å². The molecule has 0 bridgehead atoms. The van der Waals surface area contributed by atoms with E-state index < -0.39 is 53.0 Å². The Balaban J connectivity index is 0.869. The number of H-pyrrole nitrogens is 1. The van der Waals surface area contributed by atoms with E-state index in [2.05, 4.69) is 41.5 Å². The van der Waals surface area contributed by atoms with Gasteiger partial charge in [0.05, 0.1) is 47.4 Å². The van der Waals surface area contributed by atoms with E-state index in [1.165, 1.54) is 18.5 Å². The molecule has 16 nitrogen and oxygen atoms in total. The fourth-order valence-corrected chi connectivity index (χ4v) is 7.27. The fourth-order valence-electron chi connectivity index (χ4n) is 7.27.